The largest absolute Gasteiger partial charge is 0.497 e. The summed E-state index contributed by atoms with van der Waals surface area (Å²) in [6, 6.07) is 10.8. The predicted molar refractivity (Wildman–Crippen MR) is 91.7 cm³/mol. The summed E-state index contributed by atoms with van der Waals surface area (Å²) in [6.45, 7) is 1.76. The average Bonchev–Trinajstić information content (AvgIpc) is 3.13. The SMILES string of the molecule is COc1cccc(CNC(=O)C(=O)NC[C@@](C)(O)c2cccs2)c1. The van der Waals surface area contributed by atoms with Gasteiger partial charge in [-0.3, -0.25) is 9.59 Å². The van der Waals surface area contributed by atoms with Gasteiger partial charge in [-0.1, -0.05) is 18.2 Å². The molecule has 24 heavy (non-hydrogen) atoms. The Morgan fingerprint density at radius 3 is 2.62 bits per heavy atom. The lowest BCUT2D eigenvalue weighted by molar-refractivity contribution is -0.139. The Labute approximate surface area is 144 Å². The van der Waals surface area contributed by atoms with Crippen molar-refractivity contribution in [1.82, 2.24) is 10.6 Å². The fraction of sp³-hybridized carbons (Fsp3) is 0.294. The average molecular weight is 348 g/mol. The lowest BCUT2D eigenvalue weighted by Gasteiger charge is -2.22. The number of rotatable bonds is 6. The van der Waals surface area contributed by atoms with E-state index in [1.165, 1.54) is 11.3 Å². The van der Waals surface area contributed by atoms with E-state index in [0.717, 1.165) is 10.4 Å². The molecule has 0 saturated heterocycles. The predicted octanol–water partition coefficient (Wildman–Crippen LogP) is 1.40. The second kappa shape index (κ2) is 7.94. The van der Waals surface area contributed by atoms with Crippen molar-refractivity contribution in [3.05, 3.63) is 52.2 Å². The second-order valence-corrected chi connectivity index (χ2v) is 6.42. The highest BCUT2D eigenvalue weighted by Gasteiger charge is 2.26. The highest BCUT2D eigenvalue weighted by atomic mass is 32.1. The third-order valence-electron chi connectivity index (χ3n) is 3.44. The van der Waals surface area contributed by atoms with Gasteiger partial charge in [0.25, 0.3) is 0 Å². The Kier molecular flexibility index (Phi) is 5.94. The minimum atomic E-state index is -1.21. The van der Waals surface area contributed by atoms with Gasteiger partial charge >= 0.3 is 11.8 Å². The van der Waals surface area contributed by atoms with Crippen LogP contribution in [0, 0.1) is 0 Å². The molecule has 1 aromatic carbocycles. The number of carbonyl (C=O) groups is 2. The van der Waals surface area contributed by atoms with Gasteiger partial charge in [-0.2, -0.15) is 0 Å². The molecular formula is C17H20N2O4S. The number of hydrogen-bond acceptors (Lipinski definition) is 5. The van der Waals surface area contributed by atoms with E-state index in [1.54, 1.807) is 38.3 Å². The highest BCUT2D eigenvalue weighted by molar-refractivity contribution is 7.10. The Morgan fingerprint density at radius 1 is 1.21 bits per heavy atom. The van der Waals surface area contributed by atoms with Gasteiger partial charge in [-0.15, -0.1) is 11.3 Å². The number of ether oxygens (including phenoxy) is 1. The summed E-state index contributed by atoms with van der Waals surface area (Å²) in [5.41, 5.74) is -0.391. The number of amides is 2. The molecule has 7 heteroatoms. The molecule has 1 aromatic heterocycles. The fourth-order valence-corrected chi connectivity index (χ4v) is 2.84. The van der Waals surface area contributed by atoms with E-state index in [-0.39, 0.29) is 13.1 Å². The standard InChI is InChI=1S/C17H20N2O4S/c1-17(22,14-7-4-8-24-14)11-19-16(21)15(20)18-10-12-5-3-6-13(9-12)23-2/h3-9,22H,10-11H2,1-2H3,(H,18,20)(H,19,21)/t17-/m1/s1. The van der Waals surface area contributed by atoms with E-state index < -0.39 is 17.4 Å². The van der Waals surface area contributed by atoms with Crippen LogP contribution in [0.1, 0.15) is 17.4 Å². The molecule has 0 saturated carbocycles. The first-order valence-electron chi connectivity index (χ1n) is 7.37. The van der Waals surface area contributed by atoms with Gasteiger partial charge in [0, 0.05) is 11.4 Å². The number of aliphatic hydroxyl groups is 1. The van der Waals surface area contributed by atoms with Crippen molar-refractivity contribution in [2.24, 2.45) is 0 Å². The molecule has 0 fully saturated rings. The van der Waals surface area contributed by atoms with Crippen molar-refractivity contribution >= 4 is 23.2 Å². The molecule has 0 aliphatic carbocycles. The lowest BCUT2D eigenvalue weighted by atomic mass is 10.1. The lowest BCUT2D eigenvalue weighted by Crippen LogP contribution is -2.45. The molecule has 0 aliphatic heterocycles. The zero-order chi connectivity index (χ0) is 17.6. The van der Waals surface area contributed by atoms with Gasteiger partial charge in [-0.25, -0.2) is 0 Å². The normalized spacial score (nSPS) is 13.0. The molecule has 0 bridgehead atoms. The first-order valence-corrected chi connectivity index (χ1v) is 8.25. The summed E-state index contributed by atoms with van der Waals surface area (Å²) in [5.74, 6) is -0.854. The van der Waals surface area contributed by atoms with Gasteiger partial charge in [0.2, 0.25) is 0 Å². The second-order valence-electron chi connectivity index (χ2n) is 5.47. The summed E-state index contributed by atoms with van der Waals surface area (Å²) >= 11 is 1.39. The summed E-state index contributed by atoms with van der Waals surface area (Å²) in [6.07, 6.45) is 0. The molecule has 0 aliphatic rings. The van der Waals surface area contributed by atoms with Gasteiger partial charge in [0.1, 0.15) is 11.4 Å². The minimum absolute atomic E-state index is 0.0427. The zero-order valence-electron chi connectivity index (χ0n) is 13.5. The molecule has 2 rings (SSSR count). The summed E-state index contributed by atoms with van der Waals surface area (Å²) in [5, 5.41) is 17.1. The van der Waals surface area contributed by atoms with Crippen molar-refractivity contribution in [3.63, 3.8) is 0 Å². The molecule has 2 aromatic rings. The molecule has 0 spiro atoms. The van der Waals surface area contributed by atoms with E-state index >= 15 is 0 Å². The van der Waals surface area contributed by atoms with Crippen LogP contribution in [0.15, 0.2) is 41.8 Å². The number of thiophene rings is 1. The quantitative estimate of drug-likeness (QED) is 0.689. The van der Waals surface area contributed by atoms with Crippen LogP contribution in [0.4, 0.5) is 0 Å². The van der Waals surface area contributed by atoms with Crippen molar-refractivity contribution in [1.29, 1.82) is 0 Å². The summed E-state index contributed by atoms with van der Waals surface area (Å²) < 4.78 is 5.10. The van der Waals surface area contributed by atoms with Crippen molar-refractivity contribution in [3.8, 4) is 5.75 Å². The number of benzene rings is 1. The van der Waals surface area contributed by atoms with Gasteiger partial charge in [0.05, 0.1) is 13.7 Å². The molecule has 3 N–H and O–H groups in total. The topological polar surface area (TPSA) is 87.7 Å². The van der Waals surface area contributed by atoms with Crippen LogP contribution in [0.3, 0.4) is 0 Å². The summed E-state index contributed by atoms with van der Waals surface area (Å²) in [4.78, 5) is 24.4. The van der Waals surface area contributed by atoms with E-state index in [1.807, 2.05) is 17.5 Å². The smallest absolute Gasteiger partial charge is 0.309 e. The fourth-order valence-electron chi connectivity index (χ4n) is 2.05. The third-order valence-corrected chi connectivity index (χ3v) is 4.56. The van der Waals surface area contributed by atoms with Crippen molar-refractivity contribution in [2.45, 2.75) is 19.1 Å². The third kappa shape index (κ3) is 4.81. The Hall–Kier alpha value is -2.38. The molecule has 128 valence electrons. The molecule has 2 amide bonds. The van der Waals surface area contributed by atoms with Crippen LogP contribution in [0.5, 0.6) is 5.75 Å². The number of hydrogen-bond donors (Lipinski definition) is 3. The highest BCUT2D eigenvalue weighted by Crippen LogP contribution is 2.24. The van der Waals surface area contributed by atoms with Gasteiger partial charge < -0.3 is 20.5 Å². The first kappa shape index (κ1) is 18.0. The Morgan fingerprint density at radius 2 is 1.96 bits per heavy atom. The van der Waals surface area contributed by atoms with E-state index in [4.69, 9.17) is 4.74 Å². The summed E-state index contributed by atoms with van der Waals surface area (Å²) in [7, 11) is 1.56. The molecule has 6 nitrogen and oxygen atoms in total. The van der Waals surface area contributed by atoms with Crippen LogP contribution < -0.4 is 15.4 Å². The van der Waals surface area contributed by atoms with Crippen LogP contribution in [0.2, 0.25) is 0 Å². The van der Waals surface area contributed by atoms with Crippen LogP contribution >= 0.6 is 11.3 Å². The molecule has 1 heterocycles. The molecular weight excluding hydrogens is 328 g/mol. The van der Waals surface area contributed by atoms with Gasteiger partial charge in [0.15, 0.2) is 0 Å². The van der Waals surface area contributed by atoms with E-state index in [9.17, 15) is 14.7 Å². The monoisotopic (exact) mass is 348 g/mol. The first-order chi connectivity index (χ1) is 11.4. The maximum absolute atomic E-state index is 11.8. The van der Waals surface area contributed by atoms with Crippen LogP contribution in [0.25, 0.3) is 0 Å². The number of nitrogens with one attached hydrogen (secondary N) is 2. The number of carbonyl (C=O) groups excluding carboxylic acids is 2. The molecule has 0 radical (unpaired) electrons. The van der Waals surface area contributed by atoms with Crippen LogP contribution in [-0.2, 0) is 21.7 Å². The van der Waals surface area contributed by atoms with E-state index in [0.29, 0.717) is 5.75 Å². The minimum Gasteiger partial charge on any atom is -0.497 e. The van der Waals surface area contributed by atoms with Crippen molar-refractivity contribution in [2.75, 3.05) is 13.7 Å². The van der Waals surface area contributed by atoms with E-state index in [2.05, 4.69) is 10.6 Å². The molecule has 1 atom stereocenters. The maximum Gasteiger partial charge on any atom is 0.309 e. The number of methoxy groups -OCH3 is 1. The molecule has 0 unspecified atom stereocenters. The van der Waals surface area contributed by atoms with Crippen LogP contribution in [-0.4, -0.2) is 30.6 Å². The van der Waals surface area contributed by atoms with Crippen molar-refractivity contribution < 1.29 is 19.4 Å². The zero-order valence-corrected chi connectivity index (χ0v) is 14.4. The Balaban J connectivity index is 1.83. The maximum atomic E-state index is 11.8. The Bertz CT molecular complexity index is 698. The van der Waals surface area contributed by atoms with Gasteiger partial charge in [-0.05, 0) is 36.1 Å².